The summed E-state index contributed by atoms with van der Waals surface area (Å²) in [7, 11) is 0. The van der Waals surface area contributed by atoms with Crippen molar-refractivity contribution in [1.29, 1.82) is 0 Å². The first-order valence-electron chi connectivity index (χ1n) is 19.3. The van der Waals surface area contributed by atoms with E-state index in [9.17, 15) is 14.7 Å². The Labute approximate surface area is 311 Å². The van der Waals surface area contributed by atoms with E-state index in [-0.39, 0.29) is 36.7 Å². The molecular formula is C45H60O7. The fraction of sp³-hybridized carbons (Fsp3) is 0.556. The highest BCUT2D eigenvalue weighted by Crippen LogP contribution is 2.50. The lowest BCUT2D eigenvalue weighted by Crippen LogP contribution is -2.28. The molecule has 0 amide bonds. The number of hydrogen-bond donors (Lipinski definition) is 1. The van der Waals surface area contributed by atoms with Crippen molar-refractivity contribution in [2.24, 2.45) is 0 Å². The van der Waals surface area contributed by atoms with Crippen molar-refractivity contribution in [2.75, 3.05) is 13.2 Å². The normalized spacial score (nSPS) is 16.1. The highest BCUT2D eigenvalue weighted by Gasteiger charge is 2.34. The summed E-state index contributed by atoms with van der Waals surface area (Å²) in [5.41, 5.74) is 6.23. The van der Waals surface area contributed by atoms with Crippen LogP contribution >= 0.6 is 0 Å². The van der Waals surface area contributed by atoms with Gasteiger partial charge in [-0.25, -0.2) is 9.59 Å². The molecule has 0 aliphatic heterocycles. The van der Waals surface area contributed by atoms with E-state index < -0.39 is 23.1 Å². The van der Waals surface area contributed by atoms with Crippen molar-refractivity contribution in [2.45, 2.75) is 149 Å². The number of phenolic OH excluding ortho intramolecular Hbond substituents is 1. The SMILES string of the molecule is Cc1cc(OCC(=O)OC(C)(C)C)c(C2CCCCC2)c(C(c2cccc(O)c2)c2cc(C)cc(OCC(=O)OC(C)(C)C)c2C2CCCCC2)c1. The topological polar surface area (TPSA) is 91.3 Å². The zero-order chi connectivity index (χ0) is 37.6. The van der Waals surface area contributed by atoms with E-state index in [2.05, 4.69) is 44.2 Å². The van der Waals surface area contributed by atoms with Crippen LogP contribution in [-0.4, -0.2) is 41.5 Å². The number of hydrogen-bond acceptors (Lipinski definition) is 7. The summed E-state index contributed by atoms with van der Waals surface area (Å²) in [6.07, 6.45) is 11.0. The van der Waals surface area contributed by atoms with Gasteiger partial charge >= 0.3 is 11.9 Å². The van der Waals surface area contributed by atoms with Crippen LogP contribution in [0.25, 0.3) is 0 Å². The molecule has 0 atom stereocenters. The molecule has 3 aromatic carbocycles. The molecule has 7 heteroatoms. The van der Waals surface area contributed by atoms with Gasteiger partial charge in [-0.15, -0.1) is 0 Å². The lowest BCUT2D eigenvalue weighted by atomic mass is 9.71. The molecule has 2 aliphatic rings. The molecule has 0 heterocycles. The van der Waals surface area contributed by atoms with E-state index in [1.807, 2.05) is 53.7 Å². The third-order valence-electron chi connectivity index (χ3n) is 10.0. The zero-order valence-corrected chi connectivity index (χ0v) is 32.7. The van der Waals surface area contributed by atoms with Crippen LogP contribution in [0, 0.1) is 13.8 Å². The lowest BCUT2D eigenvalue weighted by molar-refractivity contribution is -0.158. The van der Waals surface area contributed by atoms with Gasteiger partial charge in [0, 0.05) is 17.0 Å². The molecule has 2 saturated carbocycles. The fourth-order valence-electron chi connectivity index (χ4n) is 8.20. The highest BCUT2D eigenvalue weighted by atomic mass is 16.6. The molecule has 5 rings (SSSR count). The minimum atomic E-state index is -0.616. The van der Waals surface area contributed by atoms with Crippen molar-refractivity contribution in [1.82, 2.24) is 0 Å². The van der Waals surface area contributed by atoms with Gasteiger partial charge in [0.05, 0.1) is 0 Å². The summed E-state index contributed by atoms with van der Waals surface area (Å²) in [5.74, 6) is 1.02. The van der Waals surface area contributed by atoms with Crippen LogP contribution in [0.5, 0.6) is 17.2 Å². The summed E-state index contributed by atoms with van der Waals surface area (Å²) < 4.78 is 24.2. The van der Waals surface area contributed by atoms with Gasteiger partial charge in [0.15, 0.2) is 13.2 Å². The largest absolute Gasteiger partial charge is 0.508 e. The average Bonchev–Trinajstić information content (AvgIpc) is 3.05. The Balaban J connectivity index is 1.73. The van der Waals surface area contributed by atoms with Crippen molar-refractivity contribution in [3.05, 3.63) is 87.5 Å². The second-order valence-electron chi connectivity index (χ2n) is 17.0. The van der Waals surface area contributed by atoms with Gasteiger partial charge in [-0.1, -0.05) is 62.8 Å². The Morgan fingerprint density at radius 2 is 1.08 bits per heavy atom. The summed E-state index contributed by atoms with van der Waals surface area (Å²) in [4.78, 5) is 25.9. The number of rotatable bonds is 11. The molecule has 3 aromatic rings. The minimum Gasteiger partial charge on any atom is -0.508 e. The van der Waals surface area contributed by atoms with Gasteiger partial charge in [-0.05, 0) is 145 Å². The number of carbonyl (C=O) groups excluding carboxylic acids is 2. The first kappa shape index (κ1) is 39.2. The molecular weight excluding hydrogens is 652 g/mol. The van der Waals surface area contributed by atoms with Crippen LogP contribution in [0.15, 0.2) is 48.5 Å². The Bertz CT molecular complexity index is 1590. The van der Waals surface area contributed by atoms with E-state index in [1.165, 1.54) is 12.8 Å². The van der Waals surface area contributed by atoms with Gasteiger partial charge in [-0.3, -0.25) is 0 Å². The maximum atomic E-state index is 13.0. The third kappa shape index (κ3) is 10.5. The van der Waals surface area contributed by atoms with Crippen molar-refractivity contribution in [3.63, 3.8) is 0 Å². The van der Waals surface area contributed by atoms with Gasteiger partial charge < -0.3 is 24.1 Å². The molecule has 1 N–H and O–H groups in total. The summed E-state index contributed by atoms with van der Waals surface area (Å²) in [5, 5.41) is 10.9. The predicted octanol–water partition coefficient (Wildman–Crippen LogP) is 10.7. The summed E-state index contributed by atoms with van der Waals surface area (Å²) in [6.45, 7) is 14.9. The molecule has 0 spiro atoms. The zero-order valence-electron chi connectivity index (χ0n) is 32.7. The van der Waals surface area contributed by atoms with Crippen molar-refractivity contribution < 1.29 is 33.6 Å². The van der Waals surface area contributed by atoms with Crippen LogP contribution in [0.1, 0.15) is 162 Å². The van der Waals surface area contributed by atoms with Crippen molar-refractivity contribution >= 4 is 11.9 Å². The Morgan fingerprint density at radius 1 is 0.654 bits per heavy atom. The molecule has 0 aromatic heterocycles. The number of phenols is 1. The molecule has 0 saturated heterocycles. The van der Waals surface area contributed by atoms with Crippen LogP contribution in [0.2, 0.25) is 0 Å². The summed E-state index contributed by atoms with van der Waals surface area (Å²) >= 11 is 0. The third-order valence-corrected chi connectivity index (χ3v) is 10.0. The number of carbonyl (C=O) groups is 2. The van der Waals surface area contributed by atoms with Gasteiger partial charge in [0.1, 0.15) is 28.5 Å². The molecule has 52 heavy (non-hydrogen) atoms. The first-order valence-corrected chi connectivity index (χ1v) is 19.3. The standard InChI is InChI=1S/C45H60O7/c1-29-22-35(42(31-16-11-9-12-17-31)37(24-29)49-27-39(47)51-44(3,4)5)41(33-20-15-21-34(46)26-33)36-23-30(2)25-38(43(36)32-18-13-10-14-19-32)50-28-40(48)52-45(6,7)8/h15,20-26,31-32,41,46H,9-14,16-19,27-28H2,1-8H3. The van der Waals surface area contributed by atoms with Crippen molar-refractivity contribution in [3.8, 4) is 17.2 Å². The van der Waals surface area contributed by atoms with E-state index in [4.69, 9.17) is 18.9 Å². The maximum Gasteiger partial charge on any atom is 0.344 e. The van der Waals surface area contributed by atoms with Crippen LogP contribution in [-0.2, 0) is 19.1 Å². The number of ether oxygens (including phenoxy) is 4. The van der Waals surface area contributed by atoms with Gasteiger partial charge in [0.2, 0.25) is 0 Å². The number of aromatic hydroxyl groups is 1. The minimum absolute atomic E-state index is 0.183. The Hall–Kier alpha value is -4.00. The van der Waals surface area contributed by atoms with Crippen LogP contribution in [0.4, 0.5) is 0 Å². The van der Waals surface area contributed by atoms with Crippen LogP contribution in [0.3, 0.4) is 0 Å². The van der Waals surface area contributed by atoms with Gasteiger partial charge in [0.25, 0.3) is 0 Å². The average molecular weight is 713 g/mol. The second kappa shape index (κ2) is 16.8. The monoisotopic (exact) mass is 712 g/mol. The Kier molecular flexibility index (Phi) is 12.6. The van der Waals surface area contributed by atoms with E-state index in [1.54, 1.807) is 6.07 Å². The second-order valence-corrected chi connectivity index (χ2v) is 17.0. The lowest BCUT2D eigenvalue weighted by Gasteiger charge is -2.34. The smallest absolute Gasteiger partial charge is 0.344 e. The predicted molar refractivity (Wildman–Crippen MR) is 206 cm³/mol. The highest BCUT2D eigenvalue weighted by molar-refractivity contribution is 5.72. The first-order chi connectivity index (χ1) is 24.6. The molecule has 2 fully saturated rings. The molecule has 282 valence electrons. The summed E-state index contributed by atoms with van der Waals surface area (Å²) in [6, 6.07) is 16.2. The number of benzene rings is 3. The molecule has 0 bridgehead atoms. The van der Waals surface area contributed by atoms with E-state index in [0.29, 0.717) is 11.5 Å². The number of aryl methyl sites for hydroxylation is 2. The molecule has 0 radical (unpaired) electrons. The van der Waals surface area contributed by atoms with Crippen LogP contribution < -0.4 is 9.47 Å². The van der Waals surface area contributed by atoms with E-state index >= 15 is 0 Å². The quantitative estimate of drug-likeness (QED) is 0.156. The Morgan fingerprint density at radius 3 is 1.46 bits per heavy atom. The number of esters is 2. The maximum absolute atomic E-state index is 13.0. The molecule has 2 aliphatic carbocycles. The molecule has 7 nitrogen and oxygen atoms in total. The molecule has 0 unspecified atom stereocenters. The van der Waals surface area contributed by atoms with Gasteiger partial charge in [-0.2, -0.15) is 0 Å². The fourth-order valence-corrected chi connectivity index (χ4v) is 8.20. The van der Waals surface area contributed by atoms with E-state index in [0.717, 1.165) is 90.3 Å².